The first-order chi connectivity index (χ1) is 9.57. The molecule has 110 valence electrons. The quantitative estimate of drug-likeness (QED) is 0.741. The lowest BCUT2D eigenvalue weighted by Gasteiger charge is -2.18. The fourth-order valence-corrected chi connectivity index (χ4v) is 4.88. The summed E-state index contributed by atoms with van der Waals surface area (Å²) in [6, 6.07) is 3.58. The molecule has 1 saturated carbocycles. The minimum atomic E-state index is -3.43. The van der Waals surface area contributed by atoms with Gasteiger partial charge in [0.15, 0.2) is 0 Å². The minimum absolute atomic E-state index is 0.155. The highest BCUT2D eigenvalue weighted by molar-refractivity contribution is 7.91. The molecule has 0 bridgehead atoms. The van der Waals surface area contributed by atoms with E-state index < -0.39 is 10.0 Å². The van der Waals surface area contributed by atoms with Crippen LogP contribution in [0.4, 0.5) is 0 Å². The van der Waals surface area contributed by atoms with Crippen LogP contribution in [-0.4, -0.2) is 39.4 Å². The number of sulfonamides is 1. The summed E-state index contributed by atoms with van der Waals surface area (Å²) < 4.78 is 27.0. The number of thiophene rings is 1. The summed E-state index contributed by atoms with van der Waals surface area (Å²) in [5.41, 5.74) is 0. The number of nitrogens with one attached hydrogen (secondary N) is 1. The third-order valence-corrected chi connectivity index (χ3v) is 6.70. The Morgan fingerprint density at radius 1 is 1.50 bits per heavy atom. The highest BCUT2D eigenvalue weighted by Crippen LogP contribution is 2.32. The molecule has 1 aliphatic rings. The fourth-order valence-electron chi connectivity index (χ4n) is 1.94. The number of likely N-dealkylation sites (N-methyl/N-ethyl adjacent to an activating group) is 1. The van der Waals surface area contributed by atoms with Crippen molar-refractivity contribution in [3.05, 3.63) is 17.0 Å². The van der Waals surface area contributed by atoms with E-state index in [0.29, 0.717) is 16.7 Å². The summed E-state index contributed by atoms with van der Waals surface area (Å²) in [5, 5.41) is 3.06. The molecule has 0 amide bonds. The van der Waals surface area contributed by atoms with E-state index in [1.54, 1.807) is 6.07 Å². The van der Waals surface area contributed by atoms with Gasteiger partial charge in [0.2, 0.25) is 0 Å². The molecule has 0 aromatic carbocycles. The van der Waals surface area contributed by atoms with E-state index in [1.807, 2.05) is 13.1 Å². The van der Waals surface area contributed by atoms with Crippen LogP contribution in [0.1, 0.15) is 17.7 Å². The summed E-state index contributed by atoms with van der Waals surface area (Å²) >= 11 is 1.34. The molecule has 1 N–H and O–H groups in total. The molecular weight excluding hydrogens is 292 g/mol. The Morgan fingerprint density at radius 2 is 2.25 bits per heavy atom. The Bertz CT molecular complexity index is 583. The summed E-state index contributed by atoms with van der Waals surface area (Å²) in [5.74, 6) is 2.95. The molecule has 0 spiro atoms. The molecule has 20 heavy (non-hydrogen) atoms. The first kappa shape index (κ1) is 15.5. The lowest BCUT2D eigenvalue weighted by molar-refractivity contribution is 0.431. The topological polar surface area (TPSA) is 49.4 Å². The van der Waals surface area contributed by atoms with E-state index in [1.165, 1.54) is 15.6 Å². The second-order valence-electron chi connectivity index (χ2n) is 5.02. The van der Waals surface area contributed by atoms with Gasteiger partial charge in [0.25, 0.3) is 10.0 Å². The van der Waals surface area contributed by atoms with Gasteiger partial charge in [0.05, 0.1) is 6.54 Å². The SMILES string of the molecule is C#CCN(CC1CC1)S(=O)(=O)c1ccc(CCNC)s1. The molecule has 0 radical (unpaired) electrons. The molecule has 1 fully saturated rings. The zero-order chi connectivity index (χ0) is 14.6. The van der Waals surface area contributed by atoms with Gasteiger partial charge < -0.3 is 5.32 Å². The van der Waals surface area contributed by atoms with Crippen molar-refractivity contribution in [1.29, 1.82) is 0 Å². The normalized spacial score (nSPS) is 15.4. The highest BCUT2D eigenvalue weighted by atomic mass is 32.2. The molecule has 1 heterocycles. The van der Waals surface area contributed by atoms with Crippen molar-refractivity contribution in [3.8, 4) is 12.3 Å². The number of rotatable bonds is 8. The molecule has 6 heteroatoms. The smallest absolute Gasteiger partial charge is 0.253 e. The van der Waals surface area contributed by atoms with Crippen LogP contribution in [0, 0.1) is 18.3 Å². The van der Waals surface area contributed by atoms with E-state index in [-0.39, 0.29) is 6.54 Å². The maximum absolute atomic E-state index is 12.6. The Labute approximate surface area is 125 Å². The lowest BCUT2D eigenvalue weighted by Crippen LogP contribution is -2.32. The van der Waals surface area contributed by atoms with Gasteiger partial charge in [0, 0.05) is 11.4 Å². The van der Waals surface area contributed by atoms with Crippen LogP contribution in [-0.2, 0) is 16.4 Å². The molecule has 1 aromatic heterocycles. The second kappa shape index (κ2) is 6.72. The van der Waals surface area contributed by atoms with E-state index in [0.717, 1.165) is 30.7 Å². The first-order valence-corrected chi connectivity index (χ1v) is 9.00. The maximum atomic E-state index is 12.6. The fraction of sp³-hybridized carbons (Fsp3) is 0.571. The van der Waals surface area contributed by atoms with Crippen LogP contribution >= 0.6 is 11.3 Å². The van der Waals surface area contributed by atoms with Crippen LogP contribution < -0.4 is 5.32 Å². The number of hydrogen-bond donors (Lipinski definition) is 1. The molecule has 0 unspecified atom stereocenters. The van der Waals surface area contributed by atoms with Gasteiger partial charge in [-0.2, -0.15) is 4.31 Å². The Balaban J connectivity index is 2.13. The van der Waals surface area contributed by atoms with E-state index in [9.17, 15) is 8.42 Å². The predicted octanol–water partition coefficient (Wildman–Crippen LogP) is 1.54. The van der Waals surface area contributed by atoms with Crippen molar-refractivity contribution < 1.29 is 8.42 Å². The van der Waals surface area contributed by atoms with Crippen LogP contribution in [0.25, 0.3) is 0 Å². The van der Waals surface area contributed by atoms with Gasteiger partial charge in [-0.25, -0.2) is 8.42 Å². The Hall–Kier alpha value is -0.870. The number of nitrogens with zero attached hydrogens (tertiary/aromatic N) is 1. The Morgan fingerprint density at radius 3 is 2.85 bits per heavy atom. The third kappa shape index (κ3) is 3.83. The minimum Gasteiger partial charge on any atom is -0.319 e. The average Bonchev–Trinajstić information content (AvgIpc) is 3.10. The molecule has 1 aromatic rings. The van der Waals surface area contributed by atoms with Crippen molar-refractivity contribution in [1.82, 2.24) is 9.62 Å². The van der Waals surface area contributed by atoms with E-state index in [2.05, 4.69) is 11.2 Å². The van der Waals surface area contributed by atoms with Crippen molar-refractivity contribution >= 4 is 21.4 Å². The third-order valence-electron chi connectivity index (χ3n) is 3.28. The van der Waals surface area contributed by atoms with Gasteiger partial charge in [-0.1, -0.05) is 5.92 Å². The lowest BCUT2D eigenvalue weighted by atomic mass is 10.3. The van der Waals surface area contributed by atoms with Crippen LogP contribution in [0.5, 0.6) is 0 Å². The summed E-state index contributed by atoms with van der Waals surface area (Å²) in [6.07, 6.45) is 8.36. The average molecular weight is 312 g/mol. The van der Waals surface area contributed by atoms with Crippen LogP contribution in [0.15, 0.2) is 16.3 Å². The van der Waals surface area contributed by atoms with Gasteiger partial charge in [0.1, 0.15) is 4.21 Å². The van der Waals surface area contributed by atoms with Crippen molar-refractivity contribution in [3.63, 3.8) is 0 Å². The molecular formula is C14H20N2O2S2. The maximum Gasteiger partial charge on any atom is 0.253 e. The zero-order valence-electron chi connectivity index (χ0n) is 11.6. The van der Waals surface area contributed by atoms with Crippen molar-refractivity contribution in [2.45, 2.75) is 23.5 Å². The monoisotopic (exact) mass is 312 g/mol. The summed E-state index contributed by atoms with van der Waals surface area (Å²) in [4.78, 5) is 1.07. The van der Waals surface area contributed by atoms with Crippen LogP contribution in [0.2, 0.25) is 0 Å². The molecule has 4 nitrogen and oxygen atoms in total. The van der Waals surface area contributed by atoms with E-state index >= 15 is 0 Å². The predicted molar refractivity (Wildman–Crippen MR) is 82.3 cm³/mol. The van der Waals surface area contributed by atoms with Gasteiger partial charge in [-0.15, -0.1) is 17.8 Å². The van der Waals surface area contributed by atoms with Crippen molar-refractivity contribution in [2.24, 2.45) is 5.92 Å². The molecule has 0 aliphatic heterocycles. The molecule has 2 rings (SSSR count). The molecule has 1 aliphatic carbocycles. The molecule has 0 saturated heterocycles. The Kier molecular flexibility index (Phi) is 5.22. The summed E-state index contributed by atoms with van der Waals surface area (Å²) in [7, 11) is -1.55. The standard InChI is InChI=1S/C14H20N2O2S2/c1-3-10-16(11-12-4-5-12)20(17,18)14-7-6-13(19-14)8-9-15-2/h1,6-7,12,15H,4-5,8-11H2,2H3. The van der Waals surface area contributed by atoms with Crippen molar-refractivity contribution in [2.75, 3.05) is 26.7 Å². The number of hydrogen-bond acceptors (Lipinski definition) is 4. The van der Waals surface area contributed by atoms with Gasteiger partial charge in [-0.05, 0) is 50.9 Å². The molecule has 0 atom stereocenters. The van der Waals surface area contributed by atoms with E-state index in [4.69, 9.17) is 6.42 Å². The highest BCUT2D eigenvalue weighted by Gasteiger charge is 2.32. The first-order valence-electron chi connectivity index (χ1n) is 6.75. The van der Waals surface area contributed by atoms with Crippen LogP contribution in [0.3, 0.4) is 0 Å². The zero-order valence-corrected chi connectivity index (χ0v) is 13.3. The second-order valence-corrected chi connectivity index (χ2v) is 8.35. The van der Waals surface area contributed by atoms with Gasteiger partial charge >= 0.3 is 0 Å². The number of terminal acetylenes is 1. The largest absolute Gasteiger partial charge is 0.319 e. The summed E-state index contributed by atoms with van der Waals surface area (Å²) in [6.45, 7) is 1.55. The van der Waals surface area contributed by atoms with Gasteiger partial charge in [-0.3, -0.25) is 0 Å².